The van der Waals surface area contributed by atoms with Crippen molar-refractivity contribution in [2.45, 2.75) is 26.7 Å². The molecular formula is C11H18O6. The molecule has 0 atom stereocenters. The van der Waals surface area contributed by atoms with Gasteiger partial charge in [0.1, 0.15) is 6.29 Å². The second-order valence-corrected chi connectivity index (χ2v) is 3.39. The first-order chi connectivity index (χ1) is 8.08. The minimum Gasteiger partial charge on any atom is -0.465 e. The zero-order valence-electron chi connectivity index (χ0n) is 10.1. The van der Waals surface area contributed by atoms with E-state index in [1.165, 1.54) is 0 Å². The first kappa shape index (κ1) is 15.6. The molecule has 0 aromatic rings. The van der Waals surface area contributed by atoms with Crippen molar-refractivity contribution in [1.29, 1.82) is 0 Å². The van der Waals surface area contributed by atoms with Crippen molar-refractivity contribution >= 4 is 18.2 Å². The Morgan fingerprint density at radius 3 is 1.94 bits per heavy atom. The lowest BCUT2D eigenvalue weighted by Crippen LogP contribution is -2.45. The Morgan fingerprint density at radius 1 is 1.18 bits per heavy atom. The third-order valence-electron chi connectivity index (χ3n) is 2.29. The minimum atomic E-state index is -1.78. The Hall–Kier alpha value is -1.43. The summed E-state index contributed by atoms with van der Waals surface area (Å²) in [4.78, 5) is 33.8. The van der Waals surface area contributed by atoms with Gasteiger partial charge in [0.05, 0.1) is 19.8 Å². The average Bonchev–Trinajstić information content (AvgIpc) is 2.31. The highest BCUT2D eigenvalue weighted by Crippen LogP contribution is 2.27. The van der Waals surface area contributed by atoms with Crippen molar-refractivity contribution < 1.29 is 29.0 Å². The largest absolute Gasteiger partial charge is 0.465 e. The van der Waals surface area contributed by atoms with E-state index in [1.807, 2.05) is 0 Å². The lowest BCUT2D eigenvalue weighted by Gasteiger charge is -2.26. The predicted molar refractivity (Wildman–Crippen MR) is 58.1 cm³/mol. The van der Waals surface area contributed by atoms with Crippen LogP contribution in [0.5, 0.6) is 0 Å². The number of rotatable bonds is 8. The van der Waals surface area contributed by atoms with Crippen LogP contribution in [0.3, 0.4) is 0 Å². The second-order valence-electron chi connectivity index (χ2n) is 3.39. The molecule has 98 valence electrons. The molecule has 0 aliphatic rings. The molecule has 0 saturated heterocycles. The van der Waals surface area contributed by atoms with Crippen LogP contribution in [0.4, 0.5) is 0 Å². The topological polar surface area (TPSA) is 89.9 Å². The van der Waals surface area contributed by atoms with Crippen LogP contribution >= 0.6 is 0 Å². The van der Waals surface area contributed by atoms with Gasteiger partial charge in [0, 0.05) is 6.42 Å². The van der Waals surface area contributed by atoms with Gasteiger partial charge in [-0.25, -0.2) is 0 Å². The molecule has 0 radical (unpaired) electrons. The fraction of sp³-hybridized carbons (Fsp3) is 0.727. The molecule has 0 amide bonds. The van der Waals surface area contributed by atoms with E-state index in [0.717, 1.165) is 0 Å². The van der Waals surface area contributed by atoms with Gasteiger partial charge in [-0.15, -0.1) is 0 Å². The van der Waals surface area contributed by atoms with E-state index in [2.05, 4.69) is 0 Å². The van der Waals surface area contributed by atoms with Gasteiger partial charge in [0.15, 0.2) is 5.41 Å². The Kier molecular flexibility index (Phi) is 7.13. The van der Waals surface area contributed by atoms with Gasteiger partial charge in [-0.1, -0.05) is 0 Å². The first-order valence-electron chi connectivity index (χ1n) is 5.48. The van der Waals surface area contributed by atoms with Crippen molar-refractivity contribution in [2.24, 2.45) is 5.41 Å². The molecule has 6 heteroatoms. The fourth-order valence-corrected chi connectivity index (χ4v) is 1.34. The Morgan fingerprint density at radius 2 is 1.65 bits per heavy atom. The van der Waals surface area contributed by atoms with Crippen LogP contribution in [0.25, 0.3) is 0 Å². The summed E-state index contributed by atoms with van der Waals surface area (Å²) in [5.41, 5.74) is -1.78. The van der Waals surface area contributed by atoms with Crippen LogP contribution < -0.4 is 0 Å². The summed E-state index contributed by atoms with van der Waals surface area (Å²) in [5, 5.41) is 9.28. The quantitative estimate of drug-likeness (QED) is 0.370. The maximum absolute atomic E-state index is 11.7. The summed E-state index contributed by atoms with van der Waals surface area (Å²) in [7, 11) is 0. The van der Waals surface area contributed by atoms with E-state index in [-0.39, 0.29) is 26.1 Å². The molecule has 0 heterocycles. The number of aldehydes is 1. The Labute approximate surface area is 99.9 Å². The highest BCUT2D eigenvalue weighted by atomic mass is 16.6. The molecule has 0 aromatic heterocycles. The van der Waals surface area contributed by atoms with E-state index in [9.17, 15) is 19.5 Å². The van der Waals surface area contributed by atoms with Crippen molar-refractivity contribution in [1.82, 2.24) is 0 Å². The fourth-order valence-electron chi connectivity index (χ4n) is 1.34. The van der Waals surface area contributed by atoms with E-state index in [1.54, 1.807) is 13.8 Å². The maximum atomic E-state index is 11.7. The summed E-state index contributed by atoms with van der Waals surface area (Å²) < 4.78 is 9.49. The van der Waals surface area contributed by atoms with Crippen LogP contribution in [0.1, 0.15) is 26.7 Å². The van der Waals surface area contributed by atoms with Crippen molar-refractivity contribution in [3.8, 4) is 0 Å². The Bertz CT molecular complexity index is 255. The monoisotopic (exact) mass is 246 g/mol. The van der Waals surface area contributed by atoms with E-state index in [0.29, 0.717) is 6.29 Å². The summed E-state index contributed by atoms with van der Waals surface area (Å²) in [5.74, 6) is -1.72. The predicted octanol–water partition coefficient (Wildman–Crippen LogP) is 0.0704. The second kappa shape index (κ2) is 7.78. The lowest BCUT2D eigenvalue weighted by atomic mass is 9.84. The lowest BCUT2D eigenvalue weighted by molar-refractivity contribution is -0.175. The van der Waals surface area contributed by atoms with Crippen molar-refractivity contribution in [3.63, 3.8) is 0 Å². The highest BCUT2D eigenvalue weighted by molar-refractivity contribution is 6.00. The zero-order valence-corrected chi connectivity index (χ0v) is 10.1. The standard InChI is InChI=1S/C11H18O6/c1-3-16-9(14)11(8-13,6-5-7-12)10(15)17-4-2/h7,13H,3-6,8H2,1-2H3. The molecule has 17 heavy (non-hydrogen) atoms. The average molecular weight is 246 g/mol. The normalized spacial score (nSPS) is 10.8. The molecule has 0 unspecified atom stereocenters. The molecule has 0 aliphatic heterocycles. The third kappa shape index (κ3) is 3.81. The highest BCUT2D eigenvalue weighted by Gasteiger charge is 2.48. The summed E-state index contributed by atoms with van der Waals surface area (Å²) in [6.07, 6.45) is 0.422. The number of hydrogen-bond acceptors (Lipinski definition) is 6. The zero-order chi connectivity index (χ0) is 13.3. The van der Waals surface area contributed by atoms with Crippen LogP contribution in [0.15, 0.2) is 0 Å². The number of esters is 2. The van der Waals surface area contributed by atoms with Gasteiger partial charge < -0.3 is 19.4 Å². The summed E-state index contributed by atoms with van der Waals surface area (Å²) >= 11 is 0. The number of ether oxygens (including phenoxy) is 2. The van der Waals surface area contributed by atoms with Crippen LogP contribution in [-0.4, -0.2) is 43.2 Å². The van der Waals surface area contributed by atoms with Gasteiger partial charge in [0.2, 0.25) is 0 Å². The van der Waals surface area contributed by atoms with Gasteiger partial charge in [-0.3, -0.25) is 9.59 Å². The smallest absolute Gasteiger partial charge is 0.325 e. The van der Waals surface area contributed by atoms with E-state index >= 15 is 0 Å². The van der Waals surface area contributed by atoms with Crippen molar-refractivity contribution in [3.05, 3.63) is 0 Å². The summed E-state index contributed by atoms with van der Waals surface area (Å²) in [6.45, 7) is 2.61. The van der Waals surface area contributed by atoms with Gasteiger partial charge >= 0.3 is 11.9 Å². The van der Waals surface area contributed by atoms with Gasteiger partial charge in [-0.05, 0) is 20.3 Å². The molecule has 6 nitrogen and oxygen atoms in total. The SMILES string of the molecule is CCOC(=O)C(CO)(CCC=O)C(=O)OCC. The van der Waals surface area contributed by atoms with Crippen molar-refractivity contribution in [2.75, 3.05) is 19.8 Å². The molecule has 0 saturated carbocycles. The minimum absolute atomic E-state index is 0.0296. The van der Waals surface area contributed by atoms with E-state index in [4.69, 9.17) is 9.47 Å². The Balaban J connectivity index is 5.04. The number of hydrogen-bond donors (Lipinski definition) is 1. The molecule has 0 spiro atoms. The first-order valence-corrected chi connectivity index (χ1v) is 5.48. The number of carbonyl (C=O) groups excluding carboxylic acids is 3. The number of aliphatic hydroxyl groups excluding tert-OH is 1. The molecular weight excluding hydrogens is 228 g/mol. The number of aliphatic hydroxyl groups is 1. The molecule has 1 N–H and O–H groups in total. The molecule has 0 rings (SSSR count). The number of carbonyl (C=O) groups is 3. The molecule has 0 aliphatic carbocycles. The van der Waals surface area contributed by atoms with Crippen LogP contribution in [-0.2, 0) is 23.9 Å². The van der Waals surface area contributed by atoms with Gasteiger partial charge in [0.25, 0.3) is 0 Å². The third-order valence-corrected chi connectivity index (χ3v) is 2.29. The van der Waals surface area contributed by atoms with Crippen LogP contribution in [0, 0.1) is 5.41 Å². The van der Waals surface area contributed by atoms with Gasteiger partial charge in [-0.2, -0.15) is 0 Å². The summed E-state index contributed by atoms with van der Waals surface area (Å²) in [6, 6.07) is 0. The molecule has 0 aromatic carbocycles. The van der Waals surface area contributed by atoms with Crippen LogP contribution in [0.2, 0.25) is 0 Å². The molecule has 0 bridgehead atoms. The molecule has 0 fully saturated rings. The maximum Gasteiger partial charge on any atom is 0.325 e. The van der Waals surface area contributed by atoms with E-state index < -0.39 is 24.0 Å².